The number of benzene rings is 2. The van der Waals surface area contributed by atoms with Crippen molar-refractivity contribution in [3.05, 3.63) is 64.9 Å². The van der Waals surface area contributed by atoms with Crippen LogP contribution in [0.5, 0.6) is 11.5 Å². The van der Waals surface area contributed by atoms with E-state index in [0.29, 0.717) is 36.9 Å². The molecule has 0 bridgehead atoms. The van der Waals surface area contributed by atoms with Gasteiger partial charge in [-0.3, -0.25) is 4.79 Å². The van der Waals surface area contributed by atoms with E-state index >= 15 is 0 Å². The lowest BCUT2D eigenvalue weighted by Gasteiger charge is -2.16. The van der Waals surface area contributed by atoms with E-state index in [4.69, 9.17) is 9.47 Å². The molecule has 152 valence electrons. The molecule has 0 radical (unpaired) electrons. The third kappa shape index (κ3) is 4.92. The quantitative estimate of drug-likeness (QED) is 0.519. The molecular weight excluding hydrogens is 391 g/mol. The van der Waals surface area contributed by atoms with E-state index in [9.17, 15) is 9.18 Å². The van der Waals surface area contributed by atoms with Crippen molar-refractivity contribution in [2.75, 3.05) is 20.2 Å². The monoisotopic (exact) mass is 414 g/mol. The van der Waals surface area contributed by atoms with Gasteiger partial charge in [-0.25, -0.2) is 9.37 Å². The maximum Gasteiger partial charge on any atom is 0.273 e. The van der Waals surface area contributed by atoms with E-state index in [2.05, 4.69) is 4.98 Å². The van der Waals surface area contributed by atoms with Crippen molar-refractivity contribution in [2.24, 2.45) is 0 Å². The van der Waals surface area contributed by atoms with Crippen LogP contribution in [-0.2, 0) is 6.61 Å². The fourth-order valence-electron chi connectivity index (χ4n) is 2.84. The zero-order valence-electron chi connectivity index (χ0n) is 16.6. The first-order valence-electron chi connectivity index (χ1n) is 9.36. The molecule has 3 rings (SSSR count). The largest absolute Gasteiger partial charge is 0.493 e. The Kier molecular flexibility index (Phi) is 6.82. The average Bonchev–Trinajstić information content (AvgIpc) is 3.24. The van der Waals surface area contributed by atoms with Crippen LogP contribution < -0.4 is 9.47 Å². The lowest BCUT2D eigenvalue weighted by molar-refractivity contribution is 0.0768. The van der Waals surface area contributed by atoms with Crippen molar-refractivity contribution in [1.82, 2.24) is 9.88 Å². The number of amides is 1. The lowest BCUT2D eigenvalue weighted by atomic mass is 10.2. The van der Waals surface area contributed by atoms with Gasteiger partial charge >= 0.3 is 0 Å². The van der Waals surface area contributed by atoms with E-state index in [1.54, 1.807) is 29.5 Å². The predicted molar refractivity (Wildman–Crippen MR) is 112 cm³/mol. The second-order valence-corrected chi connectivity index (χ2v) is 7.15. The van der Waals surface area contributed by atoms with E-state index in [1.165, 1.54) is 23.5 Å². The summed E-state index contributed by atoms with van der Waals surface area (Å²) in [7, 11) is 1.57. The van der Waals surface area contributed by atoms with Crippen molar-refractivity contribution < 1.29 is 18.7 Å². The number of halogens is 1. The molecule has 2 aromatic carbocycles. The van der Waals surface area contributed by atoms with Crippen LogP contribution in [0.4, 0.5) is 4.39 Å². The molecule has 0 saturated carbocycles. The number of ether oxygens (including phenoxy) is 2. The summed E-state index contributed by atoms with van der Waals surface area (Å²) in [4.78, 5) is 18.7. The van der Waals surface area contributed by atoms with Gasteiger partial charge in [0.05, 0.1) is 7.11 Å². The molecule has 0 aliphatic rings. The van der Waals surface area contributed by atoms with Crippen molar-refractivity contribution in [3.63, 3.8) is 0 Å². The second kappa shape index (κ2) is 9.52. The van der Waals surface area contributed by atoms with Crippen LogP contribution in [0.1, 0.15) is 29.9 Å². The smallest absolute Gasteiger partial charge is 0.273 e. The molecule has 0 saturated heterocycles. The number of hydrogen-bond donors (Lipinski definition) is 0. The highest BCUT2D eigenvalue weighted by atomic mass is 32.1. The van der Waals surface area contributed by atoms with Gasteiger partial charge in [0.2, 0.25) is 0 Å². The number of hydrogen-bond acceptors (Lipinski definition) is 5. The van der Waals surface area contributed by atoms with Gasteiger partial charge in [-0.2, -0.15) is 0 Å². The molecular formula is C22H23FN2O3S. The summed E-state index contributed by atoms with van der Waals surface area (Å²) in [6.07, 6.45) is 0. The van der Waals surface area contributed by atoms with Crippen LogP contribution in [0.15, 0.2) is 47.8 Å². The molecule has 7 heteroatoms. The summed E-state index contributed by atoms with van der Waals surface area (Å²) in [5.41, 5.74) is 2.15. The highest BCUT2D eigenvalue weighted by molar-refractivity contribution is 7.13. The first-order chi connectivity index (χ1) is 14.0. The zero-order valence-corrected chi connectivity index (χ0v) is 17.5. The van der Waals surface area contributed by atoms with Gasteiger partial charge in [-0.05, 0) is 49.7 Å². The molecule has 0 aliphatic carbocycles. The predicted octanol–water partition coefficient (Wildman–Crippen LogP) is 5.02. The third-order valence-corrected chi connectivity index (χ3v) is 5.38. The Morgan fingerprint density at radius 3 is 2.48 bits per heavy atom. The molecule has 0 spiro atoms. The molecule has 0 N–H and O–H groups in total. The zero-order chi connectivity index (χ0) is 20.8. The Morgan fingerprint density at radius 2 is 1.83 bits per heavy atom. The number of carbonyl (C=O) groups excluding carboxylic acids is 1. The number of carbonyl (C=O) groups is 1. The molecule has 0 unspecified atom stereocenters. The fraction of sp³-hybridized carbons (Fsp3) is 0.273. The fourth-order valence-corrected chi connectivity index (χ4v) is 3.63. The summed E-state index contributed by atoms with van der Waals surface area (Å²) in [5, 5.41) is 2.52. The molecule has 0 atom stereocenters. The van der Waals surface area contributed by atoms with Crippen molar-refractivity contribution in [3.8, 4) is 22.1 Å². The standard InChI is InChI=1S/C22H23FN2O3S/c1-4-25(5-2)22(26)18-14-29-21(24-18)16-8-11-19(20(12-16)27-3)28-13-15-6-9-17(23)10-7-15/h6-12,14H,4-5,13H2,1-3H3. The molecule has 1 heterocycles. The van der Waals surface area contributed by atoms with Crippen molar-refractivity contribution in [1.29, 1.82) is 0 Å². The molecule has 5 nitrogen and oxygen atoms in total. The van der Waals surface area contributed by atoms with Gasteiger partial charge in [-0.1, -0.05) is 12.1 Å². The highest BCUT2D eigenvalue weighted by Gasteiger charge is 2.17. The van der Waals surface area contributed by atoms with Crippen LogP contribution in [0.25, 0.3) is 10.6 Å². The minimum atomic E-state index is -0.280. The highest BCUT2D eigenvalue weighted by Crippen LogP contribution is 2.34. The van der Waals surface area contributed by atoms with E-state index in [-0.39, 0.29) is 11.7 Å². The lowest BCUT2D eigenvalue weighted by Crippen LogP contribution is -2.30. The number of nitrogens with zero attached hydrogens (tertiary/aromatic N) is 2. The summed E-state index contributed by atoms with van der Waals surface area (Å²) < 4.78 is 24.3. The van der Waals surface area contributed by atoms with E-state index in [0.717, 1.165) is 16.1 Å². The summed E-state index contributed by atoms with van der Waals surface area (Å²) in [5.74, 6) is 0.801. The van der Waals surface area contributed by atoms with E-state index in [1.807, 2.05) is 32.0 Å². The maximum atomic E-state index is 13.0. The van der Waals surface area contributed by atoms with Crippen molar-refractivity contribution >= 4 is 17.2 Å². The first kappa shape index (κ1) is 20.8. The van der Waals surface area contributed by atoms with Gasteiger partial charge in [-0.15, -0.1) is 11.3 Å². The Bertz CT molecular complexity index is 968. The van der Waals surface area contributed by atoms with Crippen LogP contribution >= 0.6 is 11.3 Å². The minimum Gasteiger partial charge on any atom is -0.493 e. The third-order valence-electron chi connectivity index (χ3n) is 4.49. The SMILES string of the molecule is CCN(CC)C(=O)c1csc(-c2ccc(OCc3ccc(F)cc3)c(OC)c2)n1. The Labute approximate surface area is 173 Å². The van der Waals surface area contributed by atoms with Gasteiger partial charge in [0.25, 0.3) is 5.91 Å². The molecule has 0 fully saturated rings. The molecule has 1 aromatic heterocycles. The number of thiazole rings is 1. The molecule has 1 amide bonds. The number of rotatable bonds is 8. The van der Waals surface area contributed by atoms with Gasteiger partial charge in [0.15, 0.2) is 11.5 Å². The first-order valence-corrected chi connectivity index (χ1v) is 10.2. The Morgan fingerprint density at radius 1 is 1.10 bits per heavy atom. The van der Waals surface area contributed by atoms with Crippen LogP contribution in [0.3, 0.4) is 0 Å². The van der Waals surface area contributed by atoms with Gasteiger partial charge in [0.1, 0.15) is 23.1 Å². The normalized spacial score (nSPS) is 10.6. The van der Waals surface area contributed by atoms with Gasteiger partial charge in [0, 0.05) is 24.0 Å². The number of aromatic nitrogens is 1. The summed E-state index contributed by atoms with van der Waals surface area (Å²) in [6, 6.07) is 11.7. The topological polar surface area (TPSA) is 51.7 Å². The van der Waals surface area contributed by atoms with Crippen LogP contribution in [0.2, 0.25) is 0 Å². The molecule has 0 aliphatic heterocycles. The van der Waals surface area contributed by atoms with Crippen molar-refractivity contribution in [2.45, 2.75) is 20.5 Å². The minimum absolute atomic E-state index is 0.0660. The Hall–Kier alpha value is -2.93. The summed E-state index contributed by atoms with van der Waals surface area (Å²) in [6.45, 7) is 5.50. The van der Waals surface area contributed by atoms with Crippen LogP contribution in [-0.4, -0.2) is 36.0 Å². The Balaban J connectivity index is 1.76. The average molecular weight is 415 g/mol. The number of methoxy groups -OCH3 is 1. The van der Waals surface area contributed by atoms with E-state index < -0.39 is 0 Å². The van der Waals surface area contributed by atoms with Crippen LogP contribution in [0, 0.1) is 5.82 Å². The maximum absolute atomic E-state index is 13.0. The second-order valence-electron chi connectivity index (χ2n) is 6.30. The molecule has 29 heavy (non-hydrogen) atoms. The summed E-state index contributed by atoms with van der Waals surface area (Å²) >= 11 is 1.42. The molecule has 3 aromatic rings. The van der Waals surface area contributed by atoms with Gasteiger partial charge < -0.3 is 14.4 Å².